The molecule has 0 unspecified atom stereocenters. The molecule has 0 heterocycles. The van der Waals surface area contributed by atoms with Crippen molar-refractivity contribution in [2.45, 2.75) is 6.42 Å². The molecule has 0 rings (SSSR count). The van der Waals surface area contributed by atoms with E-state index in [1.54, 1.807) is 0 Å². The minimum atomic E-state index is 0.500. The standard InChI is InChI=1S/C3H10N2.BH3NO/c4-2-1-3-5;2-1-3/h1-5H2;3H,2H2. The van der Waals surface area contributed by atoms with Gasteiger partial charge in [0.25, 0.3) is 0 Å². The Morgan fingerprint density at radius 3 is 1.50 bits per heavy atom. The Hall–Kier alpha value is -0.0951. The van der Waals surface area contributed by atoms with Crippen LogP contribution in [0.15, 0.2) is 0 Å². The summed E-state index contributed by atoms with van der Waals surface area (Å²) in [6.45, 7) is 1.44. The normalized spacial score (nSPS) is 7.00. The van der Waals surface area contributed by atoms with Gasteiger partial charge in [0.2, 0.25) is 0 Å². The molecular formula is C3H13BN3O. The Morgan fingerprint density at radius 2 is 1.50 bits per heavy atom. The van der Waals surface area contributed by atoms with E-state index in [1.807, 2.05) is 0 Å². The molecule has 0 saturated carbocycles. The highest BCUT2D eigenvalue weighted by Gasteiger charge is 1.67. The fourth-order valence-electron chi connectivity index (χ4n) is 0.118. The SMILES string of the molecule is NCCCN.N[B]O. The van der Waals surface area contributed by atoms with E-state index in [-0.39, 0.29) is 0 Å². The number of hydrogen-bond acceptors (Lipinski definition) is 4. The topological polar surface area (TPSA) is 98.3 Å². The van der Waals surface area contributed by atoms with E-state index >= 15 is 0 Å². The van der Waals surface area contributed by atoms with E-state index in [0.717, 1.165) is 19.5 Å². The van der Waals surface area contributed by atoms with E-state index in [4.69, 9.17) is 16.5 Å². The number of nitrogens with two attached hydrogens (primary N) is 3. The second-order valence-corrected chi connectivity index (χ2v) is 1.08. The molecule has 7 N–H and O–H groups in total. The van der Waals surface area contributed by atoms with Crippen LogP contribution < -0.4 is 17.1 Å². The first-order valence-corrected chi connectivity index (χ1v) is 2.41. The van der Waals surface area contributed by atoms with Crippen LogP contribution in [0.3, 0.4) is 0 Å². The zero-order valence-corrected chi connectivity index (χ0v) is 4.88. The molecule has 0 bridgehead atoms. The molecule has 8 heavy (non-hydrogen) atoms. The van der Waals surface area contributed by atoms with Crippen molar-refractivity contribution in [1.29, 1.82) is 0 Å². The third-order valence-corrected chi connectivity index (χ3v) is 0.408. The molecule has 0 spiro atoms. The average Bonchev–Trinajstić information content (AvgIpc) is 1.71. The second kappa shape index (κ2) is 15.8. The highest BCUT2D eigenvalue weighted by molar-refractivity contribution is 6.19. The van der Waals surface area contributed by atoms with Crippen LogP contribution in [0.5, 0.6) is 0 Å². The van der Waals surface area contributed by atoms with E-state index in [1.165, 1.54) is 0 Å². The predicted octanol–water partition coefficient (Wildman–Crippen LogP) is -2.23. The molecule has 1 radical (unpaired) electrons. The highest BCUT2D eigenvalue weighted by atomic mass is 16.2. The summed E-state index contributed by atoms with van der Waals surface area (Å²) < 4.78 is 0. The van der Waals surface area contributed by atoms with Gasteiger partial charge in [-0.1, -0.05) is 0 Å². The molecule has 5 heteroatoms. The van der Waals surface area contributed by atoms with Crippen molar-refractivity contribution in [3.63, 3.8) is 0 Å². The zero-order valence-electron chi connectivity index (χ0n) is 4.88. The van der Waals surface area contributed by atoms with E-state index < -0.39 is 0 Å². The van der Waals surface area contributed by atoms with Crippen molar-refractivity contribution in [3.8, 4) is 0 Å². The van der Waals surface area contributed by atoms with Gasteiger partial charge in [-0.05, 0) is 19.5 Å². The van der Waals surface area contributed by atoms with Crippen LogP contribution in [0.1, 0.15) is 6.42 Å². The Bertz CT molecular complexity index is 28.5. The lowest BCUT2D eigenvalue weighted by atomic mass is 10.4. The number of hydrogen-bond donors (Lipinski definition) is 4. The van der Waals surface area contributed by atoms with Gasteiger partial charge in [0.1, 0.15) is 0 Å². The van der Waals surface area contributed by atoms with Crippen LogP contribution in [0, 0.1) is 0 Å². The molecule has 0 aromatic rings. The van der Waals surface area contributed by atoms with Crippen LogP contribution in [0.4, 0.5) is 0 Å². The lowest BCUT2D eigenvalue weighted by Crippen LogP contribution is -2.06. The lowest BCUT2D eigenvalue weighted by Gasteiger charge is -1.81. The van der Waals surface area contributed by atoms with Gasteiger partial charge in [-0.3, -0.25) is 0 Å². The fourth-order valence-corrected chi connectivity index (χ4v) is 0.118. The quantitative estimate of drug-likeness (QED) is 0.308. The summed E-state index contributed by atoms with van der Waals surface area (Å²) in [4.78, 5) is 0. The van der Waals surface area contributed by atoms with Crippen molar-refractivity contribution in [2.24, 2.45) is 17.1 Å². The highest BCUT2D eigenvalue weighted by Crippen LogP contribution is 1.58. The molecule has 0 saturated heterocycles. The third-order valence-electron chi connectivity index (χ3n) is 0.408. The summed E-state index contributed by atoms with van der Waals surface area (Å²) in [5.41, 5.74) is 14.4. The van der Waals surface area contributed by atoms with Crippen LogP contribution >= 0.6 is 0 Å². The molecule has 0 aliphatic rings. The molecule has 0 aliphatic heterocycles. The van der Waals surface area contributed by atoms with Crippen LogP contribution in [0.2, 0.25) is 0 Å². The average molecular weight is 118 g/mol. The second-order valence-electron chi connectivity index (χ2n) is 1.08. The first-order chi connectivity index (χ1) is 3.83. The summed E-state index contributed by atoms with van der Waals surface area (Å²) >= 11 is 0. The van der Waals surface area contributed by atoms with E-state index in [2.05, 4.69) is 5.64 Å². The van der Waals surface area contributed by atoms with Crippen molar-refractivity contribution < 1.29 is 5.02 Å². The summed E-state index contributed by atoms with van der Waals surface area (Å²) in [6, 6.07) is 0. The predicted molar refractivity (Wildman–Crippen MR) is 34.9 cm³/mol. The minimum absolute atomic E-state index is 0.500. The van der Waals surface area contributed by atoms with Crippen molar-refractivity contribution in [3.05, 3.63) is 0 Å². The van der Waals surface area contributed by atoms with Gasteiger partial charge in [0, 0.05) is 0 Å². The first-order valence-electron chi connectivity index (χ1n) is 2.41. The molecule has 0 atom stereocenters. The largest absolute Gasteiger partial charge is 0.440 e. The summed E-state index contributed by atoms with van der Waals surface area (Å²) in [6.07, 6.45) is 0.944. The maximum atomic E-state index is 7.22. The lowest BCUT2D eigenvalue weighted by molar-refractivity contribution is 0.604. The summed E-state index contributed by atoms with van der Waals surface area (Å²) in [5.74, 6) is 0. The molecule has 0 amide bonds. The van der Waals surface area contributed by atoms with Gasteiger partial charge >= 0.3 is 7.62 Å². The van der Waals surface area contributed by atoms with Crippen molar-refractivity contribution in [2.75, 3.05) is 13.1 Å². The Labute approximate surface area is 50.3 Å². The van der Waals surface area contributed by atoms with Crippen molar-refractivity contribution >= 4 is 7.62 Å². The minimum Gasteiger partial charge on any atom is -0.440 e. The summed E-state index contributed by atoms with van der Waals surface area (Å²) in [7, 11) is 0.500. The maximum Gasteiger partial charge on any atom is 0.389 e. The number of rotatable bonds is 2. The summed E-state index contributed by atoms with van der Waals surface area (Å²) in [5, 5.41) is 7.22. The fraction of sp³-hybridized carbons (Fsp3) is 1.00. The van der Waals surface area contributed by atoms with Gasteiger partial charge in [0.15, 0.2) is 0 Å². The van der Waals surface area contributed by atoms with Crippen LogP contribution in [-0.2, 0) is 0 Å². The van der Waals surface area contributed by atoms with Gasteiger partial charge < -0.3 is 22.1 Å². The van der Waals surface area contributed by atoms with E-state index in [9.17, 15) is 0 Å². The Balaban J connectivity index is 0. The Kier molecular flexibility index (Phi) is 21.3. The first kappa shape index (κ1) is 10.8. The Morgan fingerprint density at radius 1 is 1.25 bits per heavy atom. The maximum absolute atomic E-state index is 7.22. The molecule has 0 aromatic heterocycles. The van der Waals surface area contributed by atoms with Crippen LogP contribution in [0.25, 0.3) is 0 Å². The molecule has 4 nitrogen and oxygen atoms in total. The van der Waals surface area contributed by atoms with Gasteiger partial charge in [-0.2, -0.15) is 0 Å². The van der Waals surface area contributed by atoms with Crippen molar-refractivity contribution in [1.82, 2.24) is 0 Å². The molecule has 49 valence electrons. The van der Waals surface area contributed by atoms with Gasteiger partial charge in [-0.15, -0.1) is 0 Å². The zero-order chi connectivity index (χ0) is 6.83. The van der Waals surface area contributed by atoms with E-state index in [0.29, 0.717) is 7.62 Å². The monoisotopic (exact) mass is 118 g/mol. The molecular weight excluding hydrogens is 105 g/mol. The van der Waals surface area contributed by atoms with Gasteiger partial charge in [0.05, 0.1) is 0 Å². The van der Waals surface area contributed by atoms with Gasteiger partial charge in [-0.25, -0.2) is 0 Å². The molecule has 0 aromatic carbocycles. The smallest absolute Gasteiger partial charge is 0.389 e. The van der Waals surface area contributed by atoms with Crippen LogP contribution in [-0.4, -0.2) is 25.7 Å². The molecule has 0 aliphatic carbocycles. The molecule has 0 fully saturated rings. The third kappa shape index (κ3) is 39.1.